The first-order valence-corrected chi connectivity index (χ1v) is 9.29. The molecule has 1 aromatic heterocycles. The van der Waals surface area contributed by atoms with Crippen molar-refractivity contribution in [3.8, 4) is 0 Å². The monoisotopic (exact) mass is 435 g/mol. The largest absolute Gasteiger partial charge is 0.478 e. The van der Waals surface area contributed by atoms with E-state index in [1.54, 1.807) is 31.4 Å². The average molecular weight is 437 g/mol. The lowest BCUT2D eigenvalue weighted by Gasteiger charge is -2.20. The van der Waals surface area contributed by atoms with Gasteiger partial charge < -0.3 is 19.7 Å². The minimum atomic E-state index is -1.78. The Morgan fingerprint density at radius 2 is 1.93 bits per heavy atom. The standard InChI is InChI=1S/C17H20Cl3N3O4/c1-16(2,3)27-15(26)21-7-4-8-23-12-9-10(13(24)25)5-6-11(12)22-14(23)17(18,19)20/h5-6,9H,4,7-8H2,1-3H3,(H,21,26)(H,24,25). The van der Waals surface area contributed by atoms with E-state index >= 15 is 0 Å². The van der Waals surface area contributed by atoms with E-state index in [1.807, 2.05) is 0 Å². The number of ether oxygens (including phenoxy) is 1. The Balaban J connectivity index is 2.18. The lowest BCUT2D eigenvalue weighted by Crippen LogP contribution is -2.33. The number of halogens is 3. The molecule has 148 valence electrons. The van der Waals surface area contributed by atoms with Crippen LogP contribution in [0.25, 0.3) is 11.0 Å². The molecule has 0 aliphatic rings. The third-order valence-corrected chi connectivity index (χ3v) is 3.98. The minimum Gasteiger partial charge on any atom is -0.478 e. The van der Waals surface area contributed by atoms with Crippen molar-refractivity contribution >= 4 is 57.9 Å². The number of nitrogens with one attached hydrogen (secondary N) is 1. The Morgan fingerprint density at radius 3 is 2.48 bits per heavy atom. The third kappa shape index (κ3) is 5.89. The molecule has 2 rings (SSSR count). The van der Waals surface area contributed by atoms with Gasteiger partial charge in [0.05, 0.1) is 16.6 Å². The van der Waals surface area contributed by atoms with Gasteiger partial charge in [0.1, 0.15) is 5.60 Å². The molecule has 0 aliphatic carbocycles. The number of amides is 1. The highest BCUT2D eigenvalue weighted by Gasteiger charge is 2.30. The molecule has 2 N–H and O–H groups in total. The molecule has 0 atom stereocenters. The highest BCUT2D eigenvalue weighted by atomic mass is 35.6. The van der Waals surface area contributed by atoms with Gasteiger partial charge in [0.15, 0.2) is 5.82 Å². The zero-order valence-corrected chi connectivity index (χ0v) is 17.3. The minimum absolute atomic E-state index is 0.103. The van der Waals surface area contributed by atoms with Crippen LogP contribution in [0.4, 0.5) is 4.79 Å². The van der Waals surface area contributed by atoms with E-state index in [1.165, 1.54) is 12.1 Å². The molecule has 1 amide bonds. The Morgan fingerprint density at radius 1 is 1.26 bits per heavy atom. The molecular formula is C17H20Cl3N3O4. The number of rotatable bonds is 5. The van der Waals surface area contributed by atoms with Crippen molar-refractivity contribution in [1.82, 2.24) is 14.9 Å². The van der Waals surface area contributed by atoms with Crippen LogP contribution in [0.15, 0.2) is 18.2 Å². The Bertz CT molecular complexity index is 853. The average Bonchev–Trinajstić information content (AvgIpc) is 2.88. The first kappa shape index (κ1) is 21.6. The smallest absolute Gasteiger partial charge is 0.407 e. The second-order valence-electron chi connectivity index (χ2n) is 6.88. The summed E-state index contributed by atoms with van der Waals surface area (Å²) in [7, 11) is 0. The van der Waals surface area contributed by atoms with Crippen LogP contribution in [0.1, 0.15) is 43.4 Å². The summed E-state index contributed by atoms with van der Waals surface area (Å²) in [6.07, 6.45) is -0.0248. The number of benzene rings is 1. The van der Waals surface area contributed by atoms with Crippen LogP contribution >= 0.6 is 34.8 Å². The van der Waals surface area contributed by atoms with Crippen molar-refractivity contribution in [1.29, 1.82) is 0 Å². The molecular weight excluding hydrogens is 417 g/mol. The predicted molar refractivity (Wildman–Crippen MR) is 105 cm³/mol. The Kier molecular flexibility index (Phi) is 6.50. The molecule has 10 heteroatoms. The molecule has 0 bridgehead atoms. The quantitative estimate of drug-likeness (QED) is 0.532. The van der Waals surface area contributed by atoms with Crippen molar-refractivity contribution in [3.63, 3.8) is 0 Å². The molecule has 0 radical (unpaired) electrons. The molecule has 27 heavy (non-hydrogen) atoms. The van der Waals surface area contributed by atoms with Gasteiger partial charge in [-0.3, -0.25) is 0 Å². The summed E-state index contributed by atoms with van der Waals surface area (Å²) < 4.78 is 5.04. The summed E-state index contributed by atoms with van der Waals surface area (Å²) in [4.78, 5) is 27.2. The van der Waals surface area contributed by atoms with Gasteiger partial charge in [0.2, 0.25) is 3.79 Å². The molecule has 0 spiro atoms. The van der Waals surface area contributed by atoms with E-state index in [2.05, 4.69) is 10.3 Å². The first-order chi connectivity index (χ1) is 12.4. The second-order valence-corrected chi connectivity index (χ2v) is 9.16. The van der Waals surface area contributed by atoms with Crippen LogP contribution in [0, 0.1) is 0 Å². The van der Waals surface area contributed by atoms with Gasteiger partial charge in [-0.2, -0.15) is 0 Å². The lowest BCUT2D eigenvalue weighted by atomic mass is 10.2. The zero-order valence-electron chi connectivity index (χ0n) is 15.1. The number of carboxylic acid groups (broad SMARTS) is 1. The van der Waals surface area contributed by atoms with Crippen LogP contribution in [-0.4, -0.2) is 38.9 Å². The summed E-state index contributed by atoms with van der Waals surface area (Å²) in [5.41, 5.74) is 0.571. The zero-order chi connectivity index (χ0) is 20.4. The number of nitrogens with zero attached hydrogens (tertiary/aromatic N) is 2. The van der Waals surface area contributed by atoms with Crippen molar-refractivity contribution < 1.29 is 19.4 Å². The second kappa shape index (κ2) is 8.12. The van der Waals surface area contributed by atoms with Crippen molar-refractivity contribution in [3.05, 3.63) is 29.6 Å². The van der Waals surface area contributed by atoms with E-state index in [0.29, 0.717) is 30.5 Å². The van der Waals surface area contributed by atoms with Gasteiger partial charge in [-0.1, -0.05) is 34.8 Å². The fourth-order valence-corrected chi connectivity index (χ4v) is 2.87. The summed E-state index contributed by atoms with van der Waals surface area (Å²) in [6, 6.07) is 4.48. The Labute approximate surface area is 171 Å². The number of aromatic carboxylic acids is 1. The Hall–Kier alpha value is -1.70. The molecule has 0 saturated carbocycles. The molecule has 1 aromatic carbocycles. The van der Waals surface area contributed by atoms with Gasteiger partial charge in [-0.15, -0.1) is 0 Å². The normalized spacial score (nSPS) is 12.2. The first-order valence-electron chi connectivity index (χ1n) is 8.16. The number of fused-ring (bicyclic) bond motifs is 1. The highest BCUT2D eigenvalue weighted by Crippen LogP contribution is 2.39. The fourth-order valence-electron chi connectivity index (χ4n) is 2.44. The van der Waals surface area contributed by atoms with Crippen LogP contribution in [0.5, 0.6) is 0 Å². The van der Waals surface area contributed by atoms with E-state index in [9.17, 15) is 14.7 Å². The number of hydrogen-bond donors (Lipinski definition) is 2. The van der Waals surface area contributed by atoms with Crippen LogP contribution in [0.3, 0.4) is 0 Å². The maximum absolute atomic E-state index is 11.7. The summed E-state index contributed by atoms with van der Waals surface area (Å²) in [6.45, 7) is 6.01. The van der Waals surface area contributed by atoms with E-state index in [0.717, 1.165) is 0 Å². The predicted octanol–water partition coefficient (Wildman–Crippen LogP) is 4.48. The maximum Gasteiger partial charge on any atom is 0.407 e. The molecule has 1 heterocycles. The van der Waals surface area contributed by atoms with Gasteiger partial charge in [-0.05, 0) is 45.4 Å². The fraction of sp³-hybridized carbons (Fsp3) is 0.471. The third-order valence-electron chi connectivity index (χ3n) is 3.48. The van der Waals surface area contributed by atoms with Crippen molar-refractivity contribution in [2.75, 3.05) is 6.54 Å². The van der Waals surface area contributed by atoms with Crippen molar-refractivity contribution in [2.24, 2.45) is 0 Å². The number of carboxylic acids is 1. The number of hydrogen-bond acceptors (Lipinski definition) is 4. The summed E-state index contributed by atoms with van der Waals surface area (Å²) in [5.74, 6) is -0.881. The summed E-state index contributed by atoms with van der Waals surface area (Å²) >= 11 is 18.0. The molecule has 0 aliphatic heterocycles. The van der Waals surface area contributed by atoms with Gasteiger partial charge >= 0.3 is 12.1 Å². The van der Waals surface area contributed by atoms with Crippen molar-refractivity contribution in [2.45, 2.75) is 43.1 Å². The molecule has 0 fully saturated rings. The van der Waals surface area contributed by atoms with Gasteiger partial charge in [-0.25, -0.2) is 14.6 Å². The number of alkyl halides is 3. The summed E-state index contributed by atoms with van der Waals surface area (Å²) in [5, 5.41) is 11.9. The molecule has 7 nitrogen and oxygen atoms in total. The lowest BCUT2D eigenvalue weighted by molar-refractivity contribution is 0.0526. The van der Waals surface area contributed by atoms with Crippen LogP contribution in [-0.2, 0) is 15.1 Å². The van der Waals surface area contributed by atoms with E-state index in [4.69, 9.17) is 39.5 Å². The number of carbonyl (C=O) groups excluding carboxylic acids is 1. The van der Waals surface area contributed by atoms with Gasteiger partial charge in [0, 0.05) is 13.1 Å². The number of carbonyl (C=O) groups is 2. The highest BCUT2D eigenvalue weighted by molar-refractivity contribution is 6.66. The number of aryl methyl sites for hydroxylation is 1. The van der Waals surface area contributed by atoms with E-state index in [-0.39, 0.29) is 11.4 Å². The van der Waals surface area contributed by atoms with E-state index < -0.39 is 21.5 Å². The number of aromatic nitrogens is 2. The molecule has 0 unspecified atom stereocenters. The van der Waals surface area contributed by atoms with Crippen LogP contribution < -0.4 is 5.32 Å². The van der Waals surface area contributed by atoms with Crippen LogP contribution in [0.2, 0.25) is 0 Å². The SMILES string of the molecule is CC(C)(C)OC(=O)NCCCn1c(C(Cl)(Cl)Cl)nc2ccc(C(=O)O)cc21. The van der Waals surface area contributed by atoms with Gasteiger partial charge in [0.25, 0.3) is 0 Å². The number of imidazole rings is 1. The topological polar surface area (TPSA) is 93.5 Å². The maximum atomic E-state index is 11.7. The number of alkyl carbamates (subject to hydrolysis) is 1. The molecule has 2 aromatic rings. The molecule has 0 saturated heterocycles.